The highest BCUT2D eigenvalue weighted by atomic mass is 16.5. The molecular weight excluding hydrogens is 166 g/mol. The third-order valence-electron chi connectivity index (χ3n) is 1.50. The first-order valence-corrected chi connectivity index (χ1v) is 4.74. The Bertz CT molecular complexity index is 159. The molecule has 0 aliphatic carbocycles. The highest BCUT2D eigenvalue weighted by Crippen LogP contribution is 2.14. The van der Waals surface area contributed by atoms with Gasteiger partial charge < -0.3 is 10.1 Å². The summed E-state index contributed by atoms with van der Waals surface area (Å²) in [5.74, 6) is -0.141. The van der Waals surface area contributed by atoms with Crippen LogP contribution >= 0.6 is 0 Å². The Morgan fingerprint density at radius 3 is 2.31 bits per heavy atom. The van der Waals surface area contributed by atoms with Gasteiger partial charge in [-0.25, -0.2) is 0 Å². The van der Waals surface area contributed by atoms with Crippen LogP contribution in [0.2, 0.25) is 0 Å². The maximum Gasteiger partial charge on any atom is 0.311 e. The summed E-state index contributed by atoms with van der Waals surface area (Å²) >= 11 is 0. The minimum atomic E-state index is -0.391. The average Bonchev–Trinajstić information content (AvgIpc) is 1.95. The molecule has 0 saturated heterocycles. The van der Waals surface area contributed by atoms with Crippen molar-refractivity contribution in [2.45, 2.75) is 40.7 Å². The molecule has 1 N–H and O–H groups in total. The van der Waals surface area contributed by atoms with Crippen LogP contribution in [0.3, 0.4) is 0 Å². The van der Waals surface area contributed by atoms with Gasteiger partial charge in [-0.05, 0) is 20.8 Å². The molecule has 0 fully saturated rings. The molecule has 3 nitrogen and oxygen atoms in total. The fourth-order valence-corrected chi connectivity index (χ4v) is 0.708. The van der Waals surface area contributed by atoms with Crippen molar-refractivity contribution in [3.05, 3.63) is 0 Å². The smallest absolute Gasteiger partial charge is 0.311 e. The van der Waals surface area contributed by atoms with Gasteiger partial charge in [0.15, 0.2) is 0 Å². The van der Waals surface area contributed by atoms with Gasteiger partial charge in [0.05, 0.1) is 5.41 Å². The Kier molecular flexibility index (Phi) is 4.99. The van der Waals surface area contributed by atoms with Gasteiger partial charge in [-0.15, -0.1) is 0 Å². The highest BCUT2D eigenvalue weighted by Gasteiger charge is 2.22. The van der Waals surface area contributed by atoms with Crippen molar-refractivity contribution in [2.24, 2.45) is 5.41 Å². The van der Waals surface area contributed by atoms with E-state index in [2.05, 4.69) is 19.2 Å². The van der Waals surface area contributed by atoms with Crippen molar-refractivity contribution in [2.75, 3.05) is 13.2 Å². The molecule has 0 aliphatic heterocycles. The van der Waals surface area contributed by atoms with Crippen LogP contribution in [0.4, 0.5) is 0 Å². The van der Waals surface area contributed by atoms with Gasteiger partial charge in [0.1, 0.15) is 6.61 Å². The predicted molar refractivity (Wildman–Crippen MR) is 53.6 cm³/mol. The van der Waals surface area contributed by atoms with Crippen LogP contribution < -0.4 is 5.32 Å². The molecule has 0 radical (unpaired) electrons. The van der Waals surface area contributed by atoms with E-state index in [9.17, 15) is 4.79 Å². The van der Waals surface area contributed by atoms with Gasteiger partial charge in [0, 0.05) is 12.6 Å². The quantitative estimate of drug-likeness (QED) is 0.536. The van der Waals surface area contributed by atoms with Crippen LogP contribution in [0, 0.1) is 5.41 Å². The molecule has 0 aromatic rings. The summed E-state index contributed by atoms with van der Waals surface area (Å²) in [6, 6.07) is 0.438. The van der Waals surface area contributed by atoms with Gasteiger partial charge in [0.25, 0.3) is 0 Å². The van der Waals surface area contributed by atoms with E-state index in [-0.39, 0.29) is 5.97 Å². The molecule has 0 unspecified atom stereocenters. The van der Waals surface area contributed by atoms with Gasteiger partial charge in [-0.1, -0.05) is 13.8 Å². The largest absolute Gasteiger partial charge is 0.464 e. The third-order valence-corrected chi connectivity index (χ3v) is 1.50. The topological polar surface area (TPSA) is 38.3 Å². The lowest BCUT2D eigenvalue weighted by atomic mass is 9.97. The average molecular weight is 187 g/mol. The fraction of sp³-hybridized carbons (Fsp3) is 0.900. The molecule has 0 aromatic carbocycles. The van der Waals surface area contributed by atoms with Crippen molar-refractivity contribution in [3.63, 3.8) is 0 Å². The first-order chi connectivity index (χ1) is 5.84. The Labute approximate surface area is 80.8 Å². The second kappa shape index (κ2) is 5.22. The maximum absolute atomic E-state index is 11.3. The highest BCUT2D eigenvalue weighted by molar-refractivity contribution is 5.75. The van der Waals surface area contributed by atoms with Crippen molar-refractivity contribution < 1.29 is 9.53 Å². The van der Waals surface area contributed by atoms with Crippen LogP contribution in [0.5, 0.6) is 0 Å². The van der Waals surface area contributed by atoms with Crippen LogP contribution in [0.1, 0.15) is 34.6 Å². The Hall–Kier alpha value is -0.570. The molecule has 0 amide bonds. The Balaban J connectivity index is 3.49. The van der Waals surface area contributed by atoms with Crippen molar-refractivity contribution in [1.82, 2.24) is 5.32 Å². The monoisotopic (exact) mass is 187 g/mol. The van der Waals surface area contributed by atoms with E-state index < -0.39 is 5.41 Å². The second-order valence-electron chi connectivity index (χ2n) is 4.49. The number of esters is 1. The van der Waals surface area contributed by atoms with Crippen LogP contribution in [-0.2, 0) is 9.53 Å². The lowest BCUT2D eigenvalue weighted by Gasteiger charge is -2.17. The Morgan fingerprint density at radius 1 is 1.38 bits per heavy atom. The van der Waals surface area contributed by atoms with E-state index in [4.69, 9.17) is 4.74 Å². The van der Waals surface area contributed by atoms with E-state index in [1.807, 2.05) is 20.8 Å². The molecule has 0 aliphatic rings. The van der Waals surface area contributed by atoms with Crippen molar-refractivity contribution in [3.8, 4) is 0 Å². The van der Waals surface area contributed by atoms with Crippen LogP contribution in [-0.4, -0.2) is 25.2 Å². The molecule has 0 spiro atoms. The summed E-state index contributed by atoms with van der Waals surface area (Å²) in [5.41, 5.74) is -0.391. The third kappa shape index (κ3) is 6.58. The number of carbonyl (C=O) groups is 1. The number of carbonyl (C=O) groups excluding carboxylic acids is 1. The van der Waals surface area contributed by atoms with Crippen LogP contribution in [0.25, 0.3) is 0 Å². The lowest BCUT2D eigenvalue weighted by molar-refractivity contribution is -0.152. The first kappa shape index (κ1) is 12.4. The fourth-order valence-electron chi connectivity index (χ4n) is 0.708. The molecule has 13 heavy (non-hydrogen) atoms. The number of nitrogens with one attached hydrogen (secondary N) is 1. The van der Waals surface area contributed by atoms with Crippen LogP contribution in [0.15, 0.2) is 0 Å². The molecule has 0 saturated carbocycles. The number of ether oxygens (including phenoxy) is 1. The Morgan fingerprint density at radius 2 is 1.92 bits per heavy atom. The summed E-state index contributed by atoms with van der Waals surface area (Å²) in [6.07, 6.45) is 0. The SMILES string of the molecule is CC(C)NCCOC(=O)C(C)(C)C. The second-order valence-corrected chi connectivity index (χ2v) is 4.49. The molecule has 0 atom stereocenters. The molecule has 0 heterocycles. The van der Waals surface area contributed by atoms with E-state index in [0.717, 1.165) is 6.54 Å². The summed E-state index contributed by atoms with van der Waals surface area (Å²) < 4.78 is 5.06. The molecule has 0 rings (SSSR count). The molecule has 3 heteroatoms. The van der Waals surface area contributed by atoms with Gasteiger partial charge >= 0.3 is 5.97 Å². The minimum Gasteiger partial charge on any atom is -0.464 e. The molecule has 0 bridgehead atoms. The van der Waals surface area contributed by atoms with Gasteiger partial charge in [0.2, 0.25) is 0 Å². The first-order valence-electron chi connectivity index (χ1n) is 4.74. The van der Waals surface area contributed by atoms with Crippen molar-refractivity contribution >= 4 is 5.97 Å². The molecule has 78 valence electrons. The van der Waals surface area contributed by atoms with E-state index in [1.165, 1.54) is 0 Å². The number of rotatable bonds is 4. The van der Waals surface area contributed by atoms with Crippen molar-refractivity contribution in [1.29, 1.82) is 0 Å². The zero-order valence-electron chi connectivity index (χ0n) is 9.31. The molecular formula is C10H21NO2. The lowest BCUT2D eigenvalue weighted by Crippen LogP contribution is -2.30. The minimum absolute atomic E-state index is 0.141. The zero-order valence-corrected chi connectivity index (χ0v) is 9.31. The summed E-state index contributed by atoms with van der Waals surface area (Å²) in [6.45, 7) is 10.9. The van der Waals surface area contributed by atoms with E-state index >= 15 is 0 Å². The standard InChI is InChI=1S/C10H21NO2/c1-8(2)11-6-7-13-9(12)10(3,4)5/h8,11H,6-7H2,1-5H3. The summed E-state index contributed by atoms with van der Waals surface area (Å²) in [5, 5.41) is 3.18. The van der Waals surface area contributed by atoms with Gasteiger partial charge in [-0.2, -0.15) is 0 Å². The zero-order chi connectivity index (χ0) is 10.5. The normalized spacial score (nSPS) is 11.8. The number of hydrogen-bond acceptors (Lipinski definition) is 3. The summed E-state index contributed by atoms with van der Waals surface area (Å²) in [4.78, 5) is 11.3. The molecule has 0 aromatic heterocycles. The van der Waals surface area contributed by atoms with Gasteiger partial charge in [-0.3, -0.25) is 4.79 Å². The maximum atomic E-state index is 11.3. The summed E-state index contributed by atoms with van der Waals surface area (Å²) in [7, 11) is 0. The van der Waals surface area contributed by atoms with E-state index in [0.29, 0.717) is 12.6 Å². The number of hydrogen-bond donors (Lipinski definition) is 1. The van der Waals surface area contributed by atoms with E-state index in [1.54, 1.807) is 0 Å². The predicted octanol–water partition coefficient (Wildman–Crippen LogP) is 1.57.